The highest BCUT2D eigenvalue weighted by Gasteiger charge is 2.46. The van der Waals surface area contributed by atoms with Crippen molar-refractivity contribution in [3.63, 3.8) is 0 Å². The lowest BCUT2D eigenvalue weighted by Crippen LogP contribution is -2.48. The third kappa shape index (κ3) is 5.67. The van der Waals surface area contributed by atoms with Crippen LogP contribution in [0.4, 0.5) is 0 Å². The van der Waals surface area contributed by atoms with E-state index in [2.05, 4.69) is 4.85 Å². The van der Waals surface area contributed by atoms with Crippen molar-refractivity contribution < 1.29 is 33.3 Å². The highest BCUT2D eigenvalue weighted by atomic mass is 16.5. The van der Waals surface area contributed by atoms with Gasteiger partial charge in [-0.3, -0.25) is 24.1 Å². The zero-order valence-electron chi connectivity index (χ0n) is 21.7. The van der Waals surface area contributed by atoms with Crippen molar-refractivity contribution in [3.8, 4) is 17.2 Å². The van der Waals surface area contributed by atoms with Gasteiger partial charge in [0.15, 0.2) is 11.5 Å². The molecule has 0 unspecified atom stereocenters. The number of amides is 2. The second-order valence-corrected chi connectivity index (χ2v) is 9.21. The van der Waals surface area contributed by atoms with Crippen molar-refractivity contribution in [2.45, 2.75) is 51.1 Å². The Kier molecular flexibility index (Phi) is 8.36. The van der Waals surface area contributed by atoms with Crippen LogP contribution in [-0.4, -0.2) is 73.2 Å². The van der Waals surface area contributed by atoms with Crippen LogP contribution in [0.15, 0.2) is 42.5 Å². The van der Waals surface area contributed by atoms with Gasteiger partial charge in [-0.1, -0.05) is 30.3 Å². The largest absolute Gasteiger partial charge is 0.493 e. The van der Waals surface area contributed by atoms with E-state index in [9.17, 15) is 14.4 Å². The Morgan fingerprint density at radius 3 is 2.34 bits per heavy atom. The van der Waals surface area contributed by atoms with E-state index in [1.807, 2.05) is 30.3 Å². The van der Waals surface area contributed by atoms with Gasteiger partial charge in [-0.25, -0.2) is 6.57 Å². The first kappa shape index (κ1) is 26.8. The molecule has 2 fully saturated rings. The maximum Gasteiger partial charge on any atom is 0.302 e. The Hall–Kier alpha value is -4.26. The van der Waals surface area contributed by atoms with Crippen LogP contribution in [-0.2, 0) is 20.9 Å². The first-order valence-corrected chi connectivity index (χ1v) is 12.4. The third-order valence-corrected chi connectivity index (χ3v) is 6.73. The van der Waals surface area contributed by atoms with E-state index in [-0.39, 0.29) is 31.0 Å². The van der Waals surface area contributed by atoms with Crippen molar-refractivity contribution in [2.24, 2.45) is 0 Å². The Balaban J connectivity index is 1.62. The van der Waals surface area contributed by atoms with Crippen molar-refractivity contribution in [2.75, 3.05) is 27.3 Å². The lowest BCUT2D eigenvalue weighted by Gasteiger charge is -2.27. The third-order valence-electron chi connectivity index (χ3n) is 6.73. The summed E-state index contributed by atoms with van der Waals surface area (Å²) < 4.78 is 22.4. The molecule has 2 aliphatic heterocycles. The molecule has 2 heterocycles. The van der Waals surface area contributed by atoms with E-state index in [4.69, 9.17) is 25.5 Å². The number of hydrogen-bond acceptors (Lipinski definition) is 7. The number of carbonyl (C=O) groups excluding carboxylic acids is 3. The van der Waals surface area contributed by atoms with Crippen LogP contribution in [0.1, 0.15) is 42.1 Å². The van der Waals surface area contributed by atoms with Gasteiger partial charge in [-0.15, -0.1) is 0 Å². The molecule has 4 rings (SSSR count). The molecule has 2 aromatic rings. The average molecular weight is 522 g/mol. The summed E-state index contributed by atoms with van der Waals surface area (Å²) in [6, 6.07) is 11.8. The second kappa shape index (κ2) is 11.9. The Morgan fingerprint density at radius 1 is 1.05 bits per heavy atom. The van der Waals surface area contributed by atoms with Crippen LogP contribution in [0.25, 0.3) is 4.85 Å². The molecule has 2 aromatic carbocycles. The van der Waals surface area contributed by atoms with E-state index in [1.54, 1.807) is 12.1 Å². The van der Waals surface area contributed by atoms with E-state index >= 15 is 0 Å². The predicted octanol–water partition coefficient (Wildman–Crippen LogP) is 3.30. The minimum atomic E-state index is -0.861. The van der Waals surface area contributed by atoms with Crippen LogP contribution in [0.2, 0.25) is 0 Å². The molecule has 0 bridgehead atoms. The Bertz CT molecular complexity index is 1200. The second-order valence-electron chi connectivity index (χ2n) is 9.21. The summed E-state index contributed by atoms with van der Waals surface area (Å²) in [5.74, 6) is -0.293. The smallest absolute Gasteiger partial charge is 0.302 e. The van der Waals surface area contributed by atoms with Gasteiger partial charge in [-0.2, -0.15) is 0 Å². The zero-order chi connectivity index (χ0) is 27.2. The number of hydrogen-bond donors (Lipinski definition) is 0. The van der Waals surface area contributed by atoms with Crippen molar-refractivity contribution in [1.82, 2.24) is 9.80 Å². The number of nitrogens with zero attached hydrogens (tertiary/aromatic N) is 3. The Morgan fingerprint density at radius 2 is 1.74 bits per heavy atom. The summed E-state index contributed by atoms with van der Waals surface area (Å²) in [5.41, 5.74) is 1.18. The van der Waals surface area contributed by atoms with Crippen molar-refractivity contribution in [3.05, 3.63) is 65.0 Å². The lowest BCUT2D eigenvalue weighted by molar-refractivity contribution is -0.146. The summed E-state index contributed by atoms with van der Waals surface area (Å²) in [4.78, 5) is 45.4. The highest BCUT2D eigenvalue weighted by Crippen LogP contribution is 2.40. The van der Waals surface area contributed by atoms with Crippen LogP contribution in [0, 0.1) is 6.57 Å². The molecule has 0 spiro atoms. The fraction of sp³-hybridized carbons (Fsp3) is 0.429. The zero-order valence-corrected chi connectivity index (χ0v) is 21.7. The molecular formula is C28H31N3O7. The molecule has 0 N–H and O–H groups in total. The summed E-state index contributed by atoms with van der Waals surface area (Å²) in [7, 11) is 2.93. The molecule has 38 heavy (non-hydrogen) atoms. The van der Waals surface area contributed by atoms with Crippen LogP contribution < -0.4 is 14.2 Å². The number of benzene rings is 2. The van der Waals surface area contributed by atoms with Crippen LogP contribution in [0.3, 0.4) is 0 Å². The molecule has 10 heteroatoms. The molecule has 0 aliphatic carbocycles. The van der Waals surface area contributed by atoms with Gasteiger partial charge in [0.05, 0.1) is 20.8 Å². The van der Waals surface area contributed by atoms with E-state index in [0.717, 1.165) is 12.0 Å². The number of likely N-dealkylation sites (tertiary alicyclic amines) is 2. The van der Waals surface area contributed by atoms with Gasteiger partial charge in [0.2, 0.25) is 5.75 Å². The summed E-state index contributed by atoms with van der Waals surface area (Å²) in [6.07, 6.45) is 0.316. The molecule has 2 saturated heterocycles. The van der Waals surface area contributed by atoms with E-state index in [1.165, 1.54) is 30.9 Å². The minimum Gasteiger partial charge on any atom is -0.493 e. The molecule has 10 nitrogen and oxygen atoms in total. The monoisotopic (exact) mass is 521 g/mol. The first-order valence-electron chi connectivity index (χ1n) is 12.4. The molecular weight excluding hydrogens is 490 g/mol. The summed E-state index contributed by atoms with van der Waals surface area (Å²) >= 11 is 0. The van der Waals surface area contributed by atoms with Gasteiger partial charge in [0.25, 0.3) is 11.8 Å². The average Bonchev–Trinajstić information content (AvgIpc) is 3.58. The van der Waals surface area contributed by atoms with Crippen molar-refractivity contribution >= 4 is 17.8 Å². The number of rotatable bonds is 8. The number of esters is 1. The van der Waals surface area contributed by atoms with Gasteiger partial charge in [-0.05, 0) is 24.1 Å². The van der Waals surface area contributed by atoms with Crippen LogP contribution in [0.5, 0.6) is 17.2 Å². The summed E-state index contributed by atoms with van der Waals surface area (Å²) in [5, 5.41) is 0. The molecule has 2 aliphatic rings. The van der Waals surface area contributed by atoms with Crippen molar-refractivity contribution in [1.29, 1.82) is 0 Å². The standard InChI is InChI=1S/C28H31N3O7/c1-18(32)38-21-15-22(28(34)30-12-8-11-25(30)29-2)31(16-21)27(33)20-13-23(35-3)26(24(14-20)36-4)37-17-19-9-6-5-7-10-19/h5-7,9-10,13-14,21-22,25H,8,11-12,15-17H2,1,3-4H3/t21-,22+,25+/m1/s1. The first-order chi connectivity index (χ1) is 18.4. The fourth-order valence-electron chi connectivity index (χ4n) is 4.95. The maximum atomic E-state index is 13.8. The normalized spacial score (nSPS) is 20.5. The lowest BCUT2D eigenvalue weighted by atomic mass is 10.1. The quantitative estimate of drug-likeness (QED) is 0.388. The number of ether oxygens (including phenoxy) is 4. The predicted molar refractivity (Wildman–Crippen MR) is 137 cm³/mol. The fourth-order valence-corrected chi connectivity index (χ4v) is 4.95. The molecule has 200 valence electrons. The van der Waals surface area contributed by atoms with Crippen LogP contribution >= 0.6 is 0 Å². The molecule has 2 amide bonds. The SMILES string of the molecule is [C-]#[N+][C@@H]1CCCN1C(=O)[C@@H]1C[C@@H](OC(C)=O)CN1C(=O)c1cc(OC)c(OCc2ccccc2)c(OC)c1. The van der Waals surface area contributed by atoms with E-state index < -0.39 is 30.2 Å². The number of methoxy groups -OCH3 is 2. The highest BCUT2D eigenvalue weighted by molar-refractivity contribution is 5.99. The number of carbonyl (C=O) groups is 3. The minimum absolute atomic E-state index is 0.0578. The van der Waals surface area contributed by atoms with E-state index in [0.29, 0.717) is 30.2 Å². The molecule has 0 aromatic heterocycles. The van der Waals surface area contributed by atoms with Gasteiger partial charge >= 0.3 is 12.1 Å². The molecule has 3 atom stereocenters. The molecule has 0 radical (unpaired) electrons. The topological polar surface area (TPSA) is 99.0 Å². The van der Waals surface area contributed by atoms with Gasteiger partial charge in [0.1, 0.15) is 18.8 Å². The Labute approximate surface area is 221 Å². The maximum absolute atomic E-state index is 13.8. The van der Waals surface area contributed by atoms with Gasteiger partial charge < -0.3 is 23.8 Å². The molecule has 0 saturated carbocycles. The summed E-state index contributed by atoms with van der Waals surface area (Å²) in [6.45, 7) is 9.51. The van der Waals surface area contributed by atoms with Gasteiger partial charge in [0, 0.05) is 31.9 Å².